The lowest BCUT2D eigenvalue weighted by Crippen LogP contribution is -2.43. The second-order valence-corrected chi connectivity index (χ2v) is 6.90. The molecule has 3 saturated heterocycles. The van der Waals surface area contributed by atoms with Gasteiger partial charge in [0.25, 0.3) is 10.1 Å². The van der Waals surface area contributed by atoms with E-state index in [1.54, 1.807) is 6.92 Å². The van der Waals surface area contributed by atoms with Gasteiger partial charge in [-0.3, -0.25) is 8.98 Å². The van der Waals surface area contributed by atoms with Crippen molar-refractivity contribution in [2.45, 2.75) is 56.4 Å². The molecule has 0 spiro atoms. The number of hydrogen-bond donors (Lipinski definition) is 0. The standard InChI is InChI=1S/C11H16O6S/c1-3-5(2)11(12)16-8-6-4-7-9(15-6)10(8)18(13,14)17-7/h5-10H,3-4H2,1-2H3. The Balaban J connectivity index is 1.80. The highest BCUT2D eigenvalue weighted by Crippen LogP contribution is 2.47. The Bertz CT molecular complexity index is 470. The average Bonchev–Trinajstić information content (AvgIpc) is 2.88. The van der Waals surface area contributed by atoms with Gasteiger partial charge < -0.3 is 9.47 Å². The maximum atomic E-state index is 11.8. The number of rotatable bonds is 3. The zero-order valence-electron chi connectivity index (χ0n) is 10.2. The topological polar surface area (TPSA) is 78.9 Å². The number of fused-ring (bicyclic) bond motifs is 1. The van der Waals surface area contributed by atoms with E-state index in [9.17, 15) is 13.2 Å². The highest BCUT2D eigenvalue weighted by Gasteiger charge is 2.67. The quantitative estimate of drug-likeness (QED) is 0.541. The molecule has 18 heavy (non-hydrogen) atoms. The third-order valence-electron chi connectivity index (χ3n) is 4.04. The Morgan fingerprint density at radius 3 is 2.83 bits per heavy atom. The van der Waals surface area contributed by atoms with Crippen molar-refractivity contribution in [1.29, 1.82) is 0 Å². The van der Waals surface area contributed by atoms with Crippen LogP contribution in [0, 0.1) is 5.92 Å². The third kappa shape index (κ3) is 1.60. The van der Waals surface area contributed by atoms with E-state index >= 15 is 0 Å². The lowest BCUT2D eigenvalue weighted by Gasteiger charge is -2.23. The van der Waals surface area contributed by atoms with E-state index < -0.39 is 27.6 Å². The van der Waals surface area contributed by atoms with Gasteiger partial charge in [-0.05, 0) is 6.42 Å². The molecule has 2 bridgehead atoms. The SMILES string of the molecule is CCC(C)C(=O)OC1C2CC3OS(=O)(=O)C1C3O2. The Hall–Kier alpha value is -0.660. The van der Waals surface area contributed by atoms with Gasteiger partial charge in [-0.15, -0.1) is 0 Å². The predicted octanol–water partition coefficient (Wildman–Crippen LogP) is 0.213. The summed E-state index contributed by atoms with van der Waals surface area (Å²) < 4.78 is 39.5. The second kappa shape index (κ2) is 3.91. The van der Waals surface area contributed by atoms with E-state index in [2.05, 4.69) is 0 Å². The highest BCUT2D eigenvalue weighted by molar-refractivity contribution is 7.87. The van der Waals surface area contributed by atoms with E-state index in [4.69, 9.17) is 13.7 Å². The zero-order valence-corrected chi connectivity index (χ0v) is 11.1. The molecule has 0 N–H and O–H groups in total. The summed E-state index contributed by atoms with van der Waals surface area (Å²) in [6.07, 6.45) is -0.746. The van der Waals surface area contributed by atoms with Gasteiger partial charge in [-0.25, -0.2) is 0 Å². The maximum Gasteiger partial charge on any atom is 0.309 e. The molecule has 6 nitrogen and oxygen atoms in total. The van der Waals surface area contributed by atoms with Crippen LogP contribution in [0.5, 0.6) is 0 Å². The van der Waals surface area contributed by atoms with Crippen LogP contribution in [-0.4, -0.2) is 44.1 Å². The minimum atomic E-state index is -3.66. The van der Waals surface area contributed by atoms with Crippen molar-refractivity contribution in [1.82, 2.24) is 0 Å². The molecule has 0 amide bonds. The van der Waals surface area contributed by atoms with Crippen molar-refractivity contribution >= 4 is 16.1 Å². The first-order chi connectivity index (χ1) is 8.44. The molecule has 3 fully saturated rings. The van der Waals surface area contributed by atoms with E-state index in [1.807, 2.05) is 6.92 Å². The Labute approximate surface area is 106 Å². The molecule has 3 aliphatic rings. The zero-order chi connectivity index (χ0) is 13.1. The molecule has 6 unspecified atom stereocenters. The summed E-state index contributed by atoms with van der Waals surface area (Å²) in [6.45, 7) is 3.65. The van der Waals surface area contributed by atoms with Crippen molar-refractivity contribution < 1.29 is 26.9 Å². The first-order valence-electron chi connectivity index (χ1n) is 6.22. The lowest BCUT2D eigenvalue weighted by atomic mass is 9.94. The number of carbonyl (C=O) groups is 1. The van der Waals surface area contributed by atoms with Crippen LogP contribution >= 0.6 is 0 Å². The smallest absolute Gasteiger partial charge is 0.309 e. The monoisotopic (exact) mass is 276 g/mol. The van der Waals surface area contributed by atoms with Crippen molar-refractivity contribution in [2.75, 3.05) is 0 Å². The van der Waals surface area contributed by atoms with Crippen LogP contribution in [0.15, 0.2) is 0 Å². The summed E-state index contributed by atoms with van der Waals surface area (Å²) in [7, 11) is -3.66. The summed E-state index contributed by atoms with van der Waals surface area (Å²) >= 11 is 0. The van der Waals surface area contributed by atoms with Crippen LogP contribution in [0.25, 0.3) is 0 Å². The minimum absolute atomic E-state index is 0.232. The number of ether oxygens (including phenoxy) is 2. The van der Waals surface area contributed by atoms with E-state index in [1.165, 1.54) is 0 Å². The van der Waals surface area contributed by atoms with E-state index in [0.29, 0.717) is 12.8 Å². The van der Waals surface area contributed by atoms with Gasteiger partial charge in [-0.2, -0.15) is 8.42 Å². The van der Waals surface area contributed by atoms with Crippen molar-refractivity contribution in [3.8, 4) is 0 Å². The minimum Gasteiger partial charge on any atom is -0.458 e. The summed E-state index contributed by atoms with van der Waals surface area (Å²) in [4.78, 5) is 11.8. The maximum absolute atomic E-state index is 11.8. The van der Waals surface area contributed by atoms with Crippen LogP contribution in [0.1, 0.15) is 26.7 Å². The van der Waals surface area contributed by atoms with Crippen LogP contribution in [-0.2, 0) is 28.6 Å². The molecule has 0 aromatic carbocycles. The van der Waals surface area contributed by atoms with Gasteiger partial charge in [-0.1, -0.05) is 13.8 Å². The van der Waals surface area contributed by atoms with E-state index in [-0.39, 0.29) is 24.1 Å². The fourth-order valence-electron chi connectivity index (χ4n) is 2.83. The molecular formula is C11H16O6S. The van der Waals surface area contributed by atoms with Crippen LogP contribution in [0.3, 0.4) is 0 Å². The van der Waals surface area contributed by atoms with Gasteiger partial charge >= 0.3 is 5.97 Å². The van der Waals surface area contributed by atoms with Gasteiger partial charge in [0.05, 0.1) is 12.0 Å². The van der Waals surface area contributed by atoms with Gasteiger partial charge in [0, 0.05) is 6.42 Å². The van der Waals surface area contributed by atoms with Crippen LogP contribution < -0.4 is 0 Å². The fraction of sp³-hybridized carbons (Fsp3) is 0.909. The molecule has 0 aromatic rings. The molecule has 0 saturated carbocycles. The van der Waals surface area contributed by atoms with Crippen molar-refractivity contribution in [3.05, 3.63) is 0 Å². The Kier molecular flexibility index (Phi) is 2.69. The lowest BCUT2D eigenvalue weighted by molar-refractivity contribution is -0.155. The molecule has 3 heterocycles. The average molecular weight is 276 g/mol. The van der Waals surface area contributed by atoms with Gasteiger partial charge in [0.2, 0.25) is 0 Å². The van der Waals surface area contributed by atoms with Crippen LogP contribution in [0.4, 0.5) is 0 Å². The van der Waals surface area contributed by atoms with Gasteiger partial charge in [0.15, 0.2) is 5.25 Å². The molecule has 3 aliphatic heterocycles. The molecule has 7 heteroatoms. The summed E-state index contributed by atoms with van der Waals surface area (Å²) in [5.41, 5.74) is 0. The predicted molar refractivity (Wildman–Crippen MR) is 60.2 cm³/mol. The molecule has 6 atom stereocenters. The largest absolute Gasteiger partial charge is 0.458 e. The van der Waals surface area contributed by atoms with E-state index in [0.717, 1.165) is 0 Å². The Morgan fingerprint density at radius 2 is 2.17 bits per heavy atom. The summed E-state index contributed by atoms with van der Waals surface area (Å²) in [5.74, 6) is -0.595. The van der Waals surface area contributed by atoms with Crippen molar-refractivity contribution in [2.24, 2.45) is 5.92 Å². The Morgan fingerprint density at radius 1 is 1.44 bits per heavy atom. The highest BCUT2D eigenvalue weighted by atomic mass is 32.2. The fourth-order valence-corrected chi connectivity index (χ4v) is 4.61. The first-order valence-corrected chi connectivity index (χ1v) is 7.69. The third-order valence-corrected chi connectivity index (χ3v) is 5.75. The first kappa shape index (κ1) is 12.4. The second-order valence-electron chi connectivity index (χ2n) is 5.18. The number of hydrogen-bond acceptors (Lipinski definition) is 6. The van der Waals surface area contributed by atoms with Crippen LogP contribution in [0.2, 0.25) is 0 Å². The number of carbonyl (C=O) groups excluding carboxylic acids is 1. The molecule has 0 radical (unpaired) electrons. The summed E-state index contributed by atoms with van der Waals surface area (Å²) in [6, 6.07) is 0. The van der Waals surface area contributed by atoms with Crippen molar-refractivity contribution in [3.63, 3.8) is 0 Å². The molecular weight excluding hydrogens is 260 g/mol. The molecule has 102 valence electrons. The normalized spacial score (nSPS) is 45.1. The molecule has 0 aromatic heterocycles. The van der Waals surface area contributed by atoms with Gasteiger partial charge in [0.1, 0.15) is 18.3 Å². The molecule has 0 aliphatic carbocycles. The molecule has 3 rings (SSSR count). The number of esters is 1. The summed E-state index contributed by atoms with van der Waals surface area (Å²) in [5, 5.41) is -0.839.